The third-order valence-corrected chi connectivity index (χ3v) is 10.3. The van der Waals surface area contributed by atoms with E-state index >= 15 is 0 Å². The zero-order valence-corrected chi connectivity index (χ0v) is 21.1. The van der Waals surface area contributed by atoms with Gasteiger partial charge in [0.1, 0.15) is 11.4 Å². The smallest absolute Gasteiger partial charge is 0.268 e. The van der Waals surface area contributed by atoms with Gasteiger partial charge in [0.25, 0.3) is 10.0 Å². The molecular weight excluding hydrogens is 464 g/mol. The quantitative estimate of drug-likeness (QED) is 0.509. The maximum atomic E-state index is 13.6. The van der Waals surface area contributed by atoms with Crippen molar-refractivity contribution >= 4 is 20.9 Å². The van der Waals surface area contributed by atoms with E-state index in [4.69, 9.17) is 9.47 Å². The summed E-state index contributed by atoms with van der Waals surface area (Å²) in [6.45, 7) is 4.51. The van der Waals surface area contributed by atoms with Gasteiger partial charge in [-0.15, -0.1) is 0 Å². The van der Waals surface area contributed by atoms with Crippen molar-refractivity contribution in [3.05, 3.63) is 60.3 Å². The number of aliphatic hydroxyl groups is 1. The largest absolute Gasteiger partial charge is 0.497 e. The number of ether oxygens (including phenoxy) is 2. The van der Waals surface area contributed by atoms with Crippen molar-refractivity contribution in [2.24, 2.45) is 11.8 Å². The molecule has 2 N–H and O–H groups in total. The number of piperidine rings is 1. The lowest BCUT2D eigenvalue weighted by Gasteiger charge is -2.51. The molecule has 1 aromatic heterocycles. The fraction of sp³-hybridized carbons (Fsp3) is 0.481. The van der Waals surface area contributed by atoms with Crippen molar-refractivity contribution < 1.29 is 23.0 Å². The molecule has 3 fully saturated rings. The predicted octanol–water partition coefficient (Wildman–Crippen LogP) is 3.34. The molecule has 35 heavy (non-hydrogen) atoms. The normalized spacial score (nSPS) is 31.2. The van der Waals surface area contributed by atoms with Crippen LogP contribution in [0.2, 0.25) is 0 Å². The third-order valence-electron chi connectivity index (χ3n) is 8.64. The van der Waals surface area contributed by atoms with E-state index < -0.39 is 15.6 Å². The molecule has 2 aromatic carbocycles. The number of aromatic nitrogens is 1. The predicted molar refractivity (Wildman–Crippen MR) is 133 cm³/mol. The van der Waals surface area contributed by atoms with Gasteiger partial charge in [-0.05, 0) is 74.9 Å². The minimum atomic E-state index is -3.79. The van der Waals surface area contributed by atoms with Crippen LogP contribution in [0.15, 0.2) is 59.6 Å². The van der Waals surface area contributed by atoms with Crippen LogP contribution in [0.1, 0.15) is 32.3 Å². The monoisotopic (exact) mass is 496 g/mol. The van der Waals surface area contributed by atoms with Crippen molar-refractivity contribution in [2.45, 2.75) is 61.3 Å². The first-order chi connectivity index (χ1) is 16.7. The minimum Gasteiger partial charge on any atom is -0.497 e. The zero-order chi connectivity index (χ0) is 24.6. The van der Waals surface area contributed by atoms with E-state index in [-0.39, 0.29) is 35.1 Å². The third kappa shape index (κ3) is 3.45. The number of hydrogen-bond acceptors (Lipinski definition) is 6. The molecule has 0 unspecified atom stereocenters. The molecule has 2 saturated heterocycles. The average molecular weight is 497 g/mol. The first kappa shape index (κ1) is 23.0. The number of methoxy groups -OCH3 is 1. The summed E-state index contributed by atoms with van der Waals surface area (Å²) in [5.74, 6) is 1.29. The van der Waals surface area contributed by atoms with Gasteiger partial charge in [0.2, 0.25) is 0 Å². The zero-order valence-electron chi connectivity index (χ0n) is 20.3. The standard InChI is InChI=1S/C27H32N2O5S/c1-26(2)18-13-22(27(16-30)25(14-18)34-27)23(28-26)12-17-15-29(24-7-5-4-6-21(17)24)35(31,32)20-10-8-19(33-3)9-11-20/h4-11,15,18,22-23,25,28,30H,12-14,16H2,1-3H3/t18-,22-,23-,25-,27+/m1/s1. The number of hydrogen-bond donors (Lipinski definition) is 2. The molecule has 0 spiro atoms. The summed E-state index contributed by atoms with van der Waals surface area (Å²) in [7, 11) is -2.24. The Labute approximate surface area is 206 Å². The van der Waals surface area contributed by atoms with E-state index in [1.165, 1.54) is 3.97 Å². The van der Waals surface area contributed by atoms with Crippen LogP contribution in [0.4, 0.5) is 0 Å². The SMILES string of the molecule is COc1ccc(S(=O)(=O)n2cc(C[C@H]3NC(C)(C)[C@@H]4C[C@H]3[C@]3(CO)O[C@@H]3C4)c3ccccc32)cc1. The maximum Gasteiger partial charge on any atom is 0.268 e. The van der Waals surface area contributed by atoms with Crippen LogP contribution in [-0.4, -0.2) is 54.5 Å². The highest BCUT2D eigenvalue weighted by Crippen LogP contribution is 2.58. The Bertz CT molecular complexity index is 1380. The number of benzene rings is 2. The van der Waals surface area contributed by atoms with E-state index in [1.807, 2.05) is 24.3 Å². The second-order valence-electron chi connectivity index (χ2n) is 10.8. The molecule has 2 aliphatic heterocycles. The number of aliphatic hydroxyl groups excluding tert-OH is 1. The Morgan fingerprint density at radius 3 is 2.60 bits per heavy atom. The van der Waals surface area contributed by atoms with Crippen LogP contribution >= 0.6 is 0 Å². The minimum absolute atomic E-state index is 0.0290. The lowest BCUT2D eigenvalue weighted by molar-refractivity contribution is 0.0164. The first-order valence-corrected chi connectivity index (χ1v) is 13.7. The van der Waals surface area contributed by atoms with Crippen LogP contribution in [0.25, 0.3) is 10.9 Å². The lowest BCUT2D eigenvalue weighted by atomic mass is 9.61. The summed E-state index contributed by atoms with van der Waals surface area (Å²) in [5.41, 5.74) is 1.12. The first-order valence-electron chi connectivity index (χ1n) is 12.2. The van der Waals surface area contributed by atoms with Crippen molar-refractivity contribution in [3.8, 4) is 5.75 Å². The van der Waals surface area contributed by atoms with Gasteiger partial charge in [0.05, 0.1) is 30.2 Å². The molecule has 0 radical (unpaired) electrons. The summed E-state index contributed by atoms with van der Waals surface area (Å²) in [6, 6.07) is 14.2. The van der Waals surface area contributed by atoms with Gasteiger partial charge < -0.3 is 19.9 Å². The number of epoxide rings is 1. The number of rotatable bonds is 6. The molecule has 186 valence electrons. The average Bonchev–Trinajstić information content (AvgIpc) is 3.48. The van der Waals surface area contributed by atoms with E-state index in [0.29, 0.717) is 23.6 Å². The summed E-state index contributed by atoms with van der Waals surface area (Å²) in [4.78, 5) is 0.214. The molecule has 3 aromatic rings. The molecule has 5 atom stereocenters. The Morgan fingerprint density at radius 1 is 1.14 bits per heavy atom. The van der Waals surface area contributed by atoms with Gasteiger partial charge in [-0.3, -0.25) is 0 Å². The van der Waals surface area contributed by atoms with Crippen molar-refractivity contribution in [1.82, 2.24) is 9.29 Å². The van der Waals surface area contributed by atoms with E-state index in [1.54, 1.807) is 37.6 Å². The van der Waals surface area contributed by atoms with E-state index in [0.717, 1.165) is 23.8 Å². The van der Waals surface area contributed by atoms with Gasteiger partial charge in [-0.25, -0.2) is 12.4 Å². The molecule has 3 aliphatic rings. The second-order valence-corrected chi connectivity index (χ2v) is 12.6. The maximum absolute atomic E-state index is 13.6. The Kier molecular flexibility index (Phi) is 5.14. The van der Waals surface area contributed by atoms with Crippen LogP contribution < -0.4 is 10.1 Å². The number of nitrogens with one attached hydrogen (secondary N) is 1. The van der Waals surface area contributed by atoms with Crippen LogP contribution in [0.5, 0.6) is 5.75 Å². The Hall–Kier alpha value is -2.39. The number of para-hydroxylation sites is 1. The van der Waals surface area contributed by atoms with Gasteiger partial charge in [-0.2, -0.15) is 0 Å². The van der Waals surface area contributed by atoms with Crippen LogP contribution in [0, 0.1) is 11.8 Å². The number of nitrogens with zero attached hydrogens (tertiary/aromatic N) is 1. The summed E-state index contributed by atoms with van der Waals surface area (Å²) >= 11 is 0. The Morgan fingerprint density at radius 2 is 1.89 bits per heavy atom. The summed E-state index contributed by atoms with van der Waals surface area (Å²) in [6.07, 6.45) is 4.53. The van der Waals surface area contributed by atoms with Crippen molar-refractivity contribution in [3.63, 3.8) is 0 Å². The molecule has 1 aliphatic carbocycles. The van der Waals surface area contributed by atoms with Gasteiger partial charge in [0, 0.05) is 29.1 Å². The molecule has 0 amide bonds. The second kappa shape index (κ2) is 7.80. The molecule has 3 heterocycles. The van der Waals surface area contributed by atoms with E-state index in [2.05, 4.69) is 19.2 Å². The summed E-state index contributed by atoms with van der Waals surface area (Å²) in [5, 5.41) is 15.0. The van der Waals surface area contributed by atoms with Crippen LogP contribution in [0.3, 0.4) is 0 Å². The topological polar surface area (TPSA) is 93.1 Å². The van der Waals surface area contributed by atoms with Crippen LogP contribution in [-0.2, 0) is 21.2 Å². The van der Waals surface area contributed by atoms with Crippen molar-refractivity contribution in [2.75, 3.05) is 13.7 Å². The Balaban J connectivity index is 1.40. The lowest BCUT2D eigenvalue weighted by Crippen LogP contribution is -2.65. The van der Waals surface area contributed by atoms with Crippen molar-refractivity contribution in [1.29, 1.82) is 0 Å². The highest BCUT2D eigenvalue weighted by atomic mass is 32.2. The molecule has 8 heteroatoms. The highest BCUT2D eigenvalue weighted by molar-refractivity contribution is 7.90. The van der Waals surface area contributed by atoms with Gasteiger partial charge in [0.15, 0.2) is 0 Å². The van der Waals surface area contributed by atoms with Gasteiger partial charge in [-0.1, -0.05) is 18.2 Å². The number of fused-ring (bicyclic) bond motifs is 5. The summed E-state index contributed by atoms with van der Waals surface area (Å²) < 4.78 is 40.0. The van der Waals surface area contributed by atoms with E-state index in [9.17, 15) is 13.5 Å². The molecule has 7 nitrogen and oxygen atoms in total. The fourth-order valence-electron chi connectivity index (χ4n) is 6.58. The van der Waals surface area contributed by atoms with Gasteiger partial charge >= 0.3 is 0 Å². The molecule has 2 bridgehead atoms. The highest BCUT2D eigenvalue weighted by Gasteiger charge is 2.68. The fourth-order valence-corrected chi connectivity index (χ4v) is 7.97. The molecule has 1 saturated carbocycles. The molecule has 6 rings (SSSR count). The molecular formula is C27H32N2O5S.